The first-order valence-electron chi connectivity index (χ1n) is 2.62. The zero-order valence-electron chi connectivity index (χ0n) is 7.96. The van der Waals surface area contributed by atoms with E-state index >= 15 is 0 Å². The first kappa shape index (κ1) is 24.7. The van der Waals surface area contributed by atoms with Crippen molar-refractivity contribution in [2.45, 2.75) is 12.4 Å². The third kappa shape index (κ3) is 8.81. The summed E-state index contributed by atoms with van der Waals surface area (Å²) in [5.74, 6) is -5.65. The molecule has 0 aliphatic heterocycles. The Balaban J connectivity index is -0.000000240. The molecule has 0 aromatic rings. The van der Waals surface area contributed by atoms with E-state index in [0.29, 0.717) is 0 Å². The van der Waals surface area contributed by atoms with E-state index < -0.39 is 30.3 Å². The summed E-state index contributed by atoms with van der Waals surface area (Å²) in [4.78, 5) is 19.6. The largest absolute Gasteiger partial charge is 3.00 e. The van der Waals surface area contributed by atoms with Gasteiger partial charge in [-0.05, 0) is 0 Å². The Kier molecular flexibility index (Phi) is 11.9. The summed E-state index contributed by atoms with van der Waals surface area (Å²) in [6.07, 6.45) is -11.9. The van der Waals surface area contributed by atoms with Crippen molar-refractivity contribution in [1.82, 2.24) is 0 Å². The van der Waals surface area contributed by atoms with Crippen molar-refractivity contribution in [1.29, 1.82) is 0 Å². The van der Waals surface area contributed by atoms with Crippen LogP contribution in [-0.2, 0) is 32.0 Å². The van der Waals surface area contributed by atoms with E-state index in [9.17, 15) is 35.9 Å². The Morgan fingerprint density at radius 2 is 0.938 bits per heavy atom. The summed E-state index contributed by atoms with van der Waals surface area (Å²) >= 11 is 0. The van der Waals surface area contributed by atoms with Gasteiger partial charge in [0.15, 0.2) is 0 Å². The summed E-state index contributed by atoms with van der Waals surface area (Å²) in [7, 11) is 0. The molecule has 0 atom stereocenters. The molecule has 0 aromatic carbocycles. The second-order valence-electron chi connectivity index (χ2n) is 1.87. The molecule has 0 heterocycles. The molecule has 0 amide bonds. The van der Waals surface area contributed by atoms with Crippen molar-refractivity contribution in [3.63, 3.8) is 0 Å². The maximum atomic E-state index is 11.3. The Morgan fingerprint density at radius 1 is 0.750 bits per heavy atom. The quantitative estimate of drug-likeness (QED) is 0.290. The molecule has 0 bridgehead atoms. The molecular formula is C7H7AuF6O2. The fourth-order valence-electron chi connectivity index (χ4n) is 0.283. The third-order valence-electron chi connectivity index (χ3n) is 0.821. The zero-order valence-corrected chi connectivity index (χ0v) is 10.1. The number of carbonyl (C=O) groups excluding carboxylic acids is 2. The van der Waals surface area contributed by atoms with Gasteiger partial charge < -0.3 is 24.4 Å². The maximum Gasteiger partial charge on any atom is 3.00 e. The van der Waals surface area contributed by atoms with Crippen LogP contribution in [0.2, 0.25) is 0 Å². The molecule has 0 N–H and O–H groups in total. The van der Waals surface area contributed by atoms with E-state index in [1.165, 1.54) is 0 Å². The first-order valence-corrected chi connectivity index (χ1v) is 2.62. The van der Waals surface area contributed by atoms with E-state index in [1.54, 1.807) is 0 Å². The van der Waals surface area contributed by atoms with E-state index in [4.69, 9.17) is 0 Å². The van der Waals surface area contributed by atoms with Crippen molar-refractivity contribution < 1.29 is 58.3 Å². The van der Waals surface area contributed by atoms with Crippen LogP contribution >= 0.6 is 0 Å². The number of halogens is 6. The predicted octanol–water partition coefficient (Wildman–Crippen LogP) is 2.35. The number of ketones is 2. The van der Waals surface area contributed by atoms with Gasteiger partial charge in [-0.15, -0.1) is 0 Å². The molecule has 0 aliphatic carbocycles. The van der Waals surface area contributed by atoms with E-state index in [0.717, 1.165) is 0 Å². The minimum absolute atomic E-state index is 0. The molecule has 0 unspecified atom stereocenters. The minimum atomic E-state index is -5.46. The molecule has 0 fully saturated rings. The maximum absolute atomic E-state index is 11.3. The van der Waals surface area contributed by atoms with E-state index in [-0.39, 0.29) is 37.2 Å². The van der Waals surface area contributed by atoms with Crippen molar-refractivity contribution >= 4 is 11.6 Å². The molecule has 0 saturated carbocycles. The van der Waals surface area contributed by atoms with Crippen LogP contribution in [-0.4, -0.2) is 23.9 Å². The molecular weight excluding hydrogens is 427 g/mol. The minimum Gasteiger partial charge on any atom is -0.358 e. The molecule has 2 nitrogen and oxygen atoms in total. The smallest absolute Gasteiger partial charge is 0.358 e. The monoisotopic (exact) mass is 434 g/mol. The normalized spacial score (nSPS) is 10.1. The van der Waals surface area contributed by atoms with Crippen LogP contribution in [0.4, 0.5) is 26.3 Å². The Morgan fingerprint density at radius 3 is 1.06 bits per heavy atom. The molecule has 0 spiro atoms. The molecule has 0 saturated heterocycles. The number of alkyl halides is 6. The van der Waals surface area contributed by atoms with Gasteiger partial charge in [0.05, 0.1) is 0 Å². The van der Waals surface area contributed by atoms with Crippen LogP contribution in [0.15, 0.2) is 0 Å². The van der Waals surface area contributed by atoms with Crippen LogP contribution in [0.5, 0.6) is 0 Å². The summed E-state index contributed by atoms with van der Waals surface area (Å²) in [6, 6.07) is 0. The number of hydrogen-bond acceptors (Lipinski definition) is 2. The molecule has 16 heavy (non-hydrogen) atoms. The van der Waals surface area contributed by atoms with Crippen molar-refractivity contribution in [3.05, 3.63) is 21.3 Å². The van der Waals surface area contributed by atoms with Gasteiger partial charge in [-0.25, -0.2) is 6.42 Å². The molecule has 0 aromatic heterocycles. The van der Waals surface area contributed by atoms with Gasteiger partial charge in [-0.3, -0.25) is 0 Å². The van der Waals surface area contributed by atoms with Crippen LogP contribution in [0, 0.1) is 21.3 Å². The first-order chi connectivity index (χ1) is 5.55. The molecule has 0 rings (SSSR count). The van der Waals surface area contributed by atoms with E-state index in [2.05, 4.69) is 0 Å². The molecule has 0 aliphatic rings. The summed E-state index contributed by atoms with van der Waals surface area (Å²) in [6.45, 7) is 0. The second-order valence-corrected chi connectivity index (χ2v) is 1.87. The van der Waals surface area contributed by atoms with Crippen LogP contribution in [0.3, 0.4) is 0 Å². The fourth-order valence-corrected chi connectivity index (χ4v) is 0.283. The molecule has 9 heteroatoms. The van der Waals surface area contributed by atoms with E-state index in [1.807, 2.05) is 0 Å². The number of Topliss-reactive ketones (excluding diaryl/α,β-unsaturated/α-hetero) is 2. The SMILES string of the molecule is O=C([CH-]C(=O)C(F)(F)F)C(F)(F)F.[Au+3].[CH3-].[CH3-]. The van der Waals surface area contributed by atoms with Crippen molar-refractivity contribution in [3.8, 4) is 0 Å². The van der Waals surface area contributed by atoms with Gasteiger partial charge in [0.1, 0.15) is 11.6 Å². The Bertz CT molecular complexity index is 208. The van der Waals surface area contributed by atoms with Gasteiger partial charge >= 0.3 is 34.7 Å². The van der Waals surface area contributed by atoms with Crippen LogP contribution in [0.25, 0.3) is 0 Å². The Hall–Kier alpha value is -0.470. The van der Waals surface area contributed by atoms with Gasteiger partial charge in [0, 0.05) is 0 Å². The molecule has 100 valence electrons. The van der Waals surface area contributed by atoms with Gasteiger partial charge in [-0.2, -0.15) is 26.3 Å². The van der Waals surface area contributed by atoms with Gasteiger partial charge in [0.2, 0.25) is 0 Å². The third-order valence-corrected chi connectivity index (χ3v) is 0.821. The summed E-state index contributed by atoms with van der Waals surface area (Å²) in [5, 5.41) is 0. The van der Waals surface area contributed by atoms with Crippen molar-refractivity contribution in [2.24, 2.45) is 0 Å². The number of rotatable bonds is 2. The van der Waals surface area contributed by atoms with Gasteiger partial charge in [-0.1, -0.05) is 0 Å². The summed E-state index contributed by atoms with van der Waals surface area (Å²) in [5.41, 5.74) is 0. The topological polar surface area (TPSA) is 34.1 Å². The second kappa shape index (κ2) is 7.75. The number of hydrogen-bond donors (Lipinski definition) is 0. The van der Waals surface area contributed by atoms with Crippen molar-refractivity contribution in [2.75, 3.05) is 0 Å². The zero-order chi connectivity index (χ0) is 10.9. The molecule has 0 radical (unpaired) electrons. The number of carbonyl (C=O) groups is 2. The van der Waals surface area contributed by atoms with Crippen LogP contribution < -0.4 is 0 Å². The fraction of sp³-hybridized carbons (Fsp3) is 0.286. The van der Waals surface area contributed by atoms with Crippen LogP contribution in [0.1, 0.15) is 0 Å². The average Bonchev–Trinajstić information content (AvgIpc) is 1.82. The average molecular weight is 434 g/mol. The Labute approximate surface area is 104 Å². The summed E-state index contributed by atoms with van der Waals surface area (Å²) < 4.78 is 67.8. The van der Waals surface area contributed by atoms with Gasteiger partial charge in [0.25, 0.3) is 0 Å². The predicted molar refractivity (Wildman–Crippen MR) is 39.3 cm³/mol. The standard InChI is InChI=1S/C5HF6O2.2CH3.Au/c6-4(7,8)2(12)1-3(13)5(9,10)11;;;/h1H;2*1H3;/q3*-1;+3.